The Hall–Kier alpha value is -3.76. The first kappa shape index (κ1) is 26.8. The van der Waals surface area contributed by atoms with Gasteiger partial charge in [0.15, 0.2) is 11.5 Å². The molecule has 190 valence electrons. The number of rotatable bonds is 10. The van der Waals surface area contributed by atoms with Crippen LogP contribution in [0.25, 0.3) is 0 Å². The number of halogens is 1. The van der Waals surface area contributed by atoms with Crippen molar-refractivity contribution >= 4 is 38.9 Å². The fraction of sp³-hybridized carbons (Fsp3) is 0.200. The van der Waals surface area contributed by atoms with Crippen molar-refractivity contribution in [1.29, 1.82) is 0 Å². The first-order chi connectivity index (χ1) is 17.2. The van der Waals surface area contributed by atoms with Crippen molar-refractivity contribution in [3.05, 3.63) is 77.3 Å². The summed E-state index contributed by atoms with van der Waals surface area (Å²) in [4.78, 5) is 12.8. The van der Waals surface area contributed by atoms with Crippen molar-refractivity contribution in [3.63, 3.8) is 0 Å². The van der Waals surface area contributed by atoms with Gasteiger partial charge in [0.25, 0.3) is 15.9 Å². The van der Waals surface area contributed by atoms with Crippen molar-refractivity contribution in [1.82, 2.24) is 5.43 Å². The van der Waals surface area contributed by atoms with Gasteiger partial charge in [-0.05, 0) is 73.7 Å². The monoisotopic (exact) mass is 531 g/mol. The molecule has 0 radical (unpaired) electrons. The number of hydrogen-bond acceptors (Lipinski definition) is 7. The molecule has 0 saturated carbocycles. The number of hydrazone groups is 1. The van der Waals surface area contributed by atoms with Gasteiger partial charge in [-0.1, -0.05) is 11.6 Å². The summed E-state index contributed by atoms with van der Waals surface area (Å²) in [6, 6.07) is 17.2. The number of benzene rings is 3. The van der Waals surface area contributed by atoms with Crippen molar-refractivity contribution in [2.24, 2.45) is 5.10 Å². The van der Waals surface area contributed by atoms with E-state index < -0.39 is 22.5 Å². The van der Waals surface area contributed by atoms with Gasteiger partial charge >= 0.3 is 0 Å². The van der Waals surface area contributed by atoms with Crippen molar-refractivity contribution < 1.29 is 27.4 Å². The van der Waals surface area contributed by atoms with Gasteiger partial charge in [-0.15, -0.1) is 0 Å². The van der Waals surface area contributed by atoms with Crippen LogP contribution in [0.5, 0.6) is 17.2 Å². The van der Waals surface area contributed by atoms with E-state index in [0.29, 0.717) is 33.5 Å². The number of carbonyl (C=O) groups is 1. The van der Waals surface area contributed by atoms with E-state index in [1.165, 1.54) is 57.7 Å². The maximum absolute atomic E-state index is 13.5. The fourth-order valence-electron chi connectivity index (χ4n) is 3.24. The summed E-state index contributed by atoms with van der Waals surface area (Å²) in [5.74, 6) is 0.933. The molecule has 0 heterocycles. The lowest BCUT2D eigenvalue weighted by Gasteiger charge is -2.24. The van der Waals surface area contributed by atoms with Gasteiger partial charge < -0.3 is 14.2 Å². The Kier molecular flexibility index (Phi) is 8.78. The second kappa shape index (κ2) is 11.8. The molecule has 11 heteroatoms. The Morgan fingerprint density at radius 2 is 1.56 bits per heavy atom. The Labute approximate surface area is 215 Å². The molecule has 0 aliphatic rings. The average molecular weight is 532 g/mol. The minimum Gasteiger partial charge on any atom is -0.497 e. The number of ether oxygens (including phenoxy) is 3. The number of carbonyl (C=O) groups excluding carboxylic acids is 1. The molecule has 0 atom stereocenters. The van der Waals surface area contributed by atoms with Crippen LogP contribution < -0.4 is 23.9 Å². The minimum atomic E-state index is -4.10. The number of amides is 1. The third-order valence-electron chi connectivity index (χ3n) is 5.20. The zero-order valence-corrected chi connectivity index (χ0v) is 21.8. The van der Waals surface area contributed by atoms with Crippen LogP contribution in [-0.2, 0) is 14.8 Å². The smallest absolute Gasteiger partial charge is 0.264 e. The maximum Gasteiger partial charge on any atom is 0.264 e. The quantitative estimate of drug-likeness (QED) is 0.312. The van der Waals surface area contributed by atoms with Gasteiger partial charge in [-0.25, -0.2) is 13.8 Å². The highest BCUT2D eigenvalue weighted by Gasteiger charge is 2.27. The molecule has 3 aromatic carbocycles. The largest absolute Gasteiger partial charge is 0.497 e. The lowest BCUT2D eigenvalue weighted by molar-refractivity contribution is -0.119. The molecule has 0 aliphatic carbocycles. The predicted molar refractivity (Wildman–Crippen MR) is 139 cm³/mol. The van der Waals surface area contributed by atoms with E-state index in [1.54, 1.807) is 37.3 Å². The van der Waals surface area contributed by atoms with Crippen LogP contribution in [0.15, 0.2) is 76.7 Å². The normalized spacial score (nSPS) is 11.5. The molecule has 0 spiro atoms. The van der Waals surface area contributed by atoms with Gasteiger partial charge in [0.05, 0.1) is 37.6 Å². The number of hydrogen-bond donors (Lipinski definition) is 1. The van der Waals surface area contributed by atoms with Crippen LogP contribution >= 0.6 is 11.6 Å². The summed E-state index contributed by atoms with van der Waals surface area (Å²) in [7, 11) is 0.436. The number of methoxy groups -OCH3 is 3. The van der Waals surface area contributed by atoms with Gasteiger partial charge in [0, 0.05) is 10.6 Å². The number of nitrogens with one attached hydrogen (secondary N) is 1. The maximum atomic E-state index is 13.5. The molecule has 0 unspecified atom stereocenters. The van der Waals surface area contributed by atoms with Crippen LogP contribution in [-0.4, -0.2) is 47.9 Å². The van der Waals surface area contributed by atoms with Gasteiger partial charge in [0.1, 0.15) is 12.3 Å². The van der Waals surface area contributed by atoms with E-state index in [0.717, 1.165) is 4.31 Å². The second-order valence-corrected chi connectivity index (χ2v) is 9.76. The molecule has 9 nitrogen and oxygen atoms in total. The van der Waals surface area contributed by atoms with Crippen LogP contribution in [0.3, 0.4) is 0 Å². The minimum absolute atomic E-state index is 0.00365. The predicted octanol–water partition coefficient (Wildman–Crippen LogP) is 4.10. The van der Waals surface area contributed by atoms with E-state index in [9.17, 15) is 13.2 Å². The van der Waals surface area contributed by atoms with E-state index in [4.69, 9.17) is 25.8 Å². The Morgan fingerprint density at radius 1 is 0.917 bits per heavy atom. The molecule has 0 fully saturated rings. The van der Waals surface area contributed by atoms with E-state index in [-0.39, 0.29) is 10.6 Å². The fourth-order valence-corrected chi connectivity index (χ4v) is 4.78. The van der Waals surface area contributed by atoms with E-state index >= 15 is 0 Å². The summed E-state index contributed by atoms with van der Waals surface area (Å²) >= 11 is 5.97. The topological polar surface area (TPSA) is 107 Å². The van der Waals surface area contributed by atoms with Crippen LogP contribution in [0.4, 0.5) is 5.69 Å². The molecule has 0 aliphatic heterocycles. The van der Waals surface area contributed by atoms with E-state index in [2.05, 4.69) is 10.5 Å². The van der Waals surface area contributed by atoms with Gasteiger partial charge in [-0.2, -0.15) is 5.10 Å². The van der Waals surface area contributed by atoms with Crippen molar-refractivity contribution in [3.8, 4) is 17.2 Å². The lowest BCUT2D eigenvalue weighted by Crippen LogP contribution is -2.39. The zero-order valence-electron chi connectivity index (χ0n) is 20.2. The molecule has 0 bridgehead atoms. The summed E-state index contributed by atoms with van der Waals surface area (Å²) in [5, 5.41) is 4.56. The Bertz CT molecular complexity index is 1340. The average Bonchev–Trinajstić information content (AvgIpc) is 2.90. The summed E-state index contributed by atoms with van der Waals surface area (Å²) < 4.78 is 43.5. The second-order valence-electron chi connectivity index (χ2n) is 7.47. The molecule has 1 N–H and O–H groups in total. The van der Waals surface area contributed by atoms with Crippen LogP contribution in [0.2, 0.25) is 5.02 Å². The molecule has 1 amide bonds. The number of nitrogens with zero attached hydrogens (tertiary/aromatic N) is 2. The van der Waals surface area contributed by atoms with Crippen molar-refractivity contribution in [2.75, 3.05) is 32.2 Å². The standard InChI is InChI=1S/C25H26ClN3O6S/c1-17(18-5-14-23(34-3)24(15-18)35-4)27-28-25(30)16-29(20-8-6-19(26)7-9-20)36(31,32)22-12-10-21(33-2)11-13-22/h5-15H,16H2,1-4H3,(H,28,30)/b27-17-. The summed E-state index contributed by atoms with van der Waals surface area (Å²) in [5.41, 5.74) is 3.87. The van der Waals surface area contributed by atoms with Gasteiger partial charge in [-0.3, -0.25) is 9.10 Å². The first-order valence-electron chi connectivity index (χ1n) is 10.7. The van der Waals surface area contributed by atoms with Crippen LogP contribution in [0.1, 0.15) is 12.5 Å². The third-order valence-corrected chi connectivity index (χ3v) is 7.24. The number of sulfonamides is 1. The molecule has 36 heavy (non-hydrogen) atoms. The highest BCUT2D eigenvalue weighted by Crippen LogP contribution is 2.28. The Balaban J connectivity index is 1.86. The van der Waals surface area contributed by atoms with Crippen LogP contribution in [0, 0.1) is 0 Å². The lowest BCUT2D eigenvalue weighted by atomic mass is 10.1. The van der Waals surface area contributed by atoms with Crippen molar-refractivity contribution in [2.45, 2.75) is 11.8 Å². The molecule has 0 aromatic heterocycles. The summed E-state index contributed by atoms with van der Waals surface area (Å²) in [6.45, 7) is 1.19. The molecule has 3 rings (SSSR count). The first-order valence-corrected chi connectivity index (χ1v) is 12.5. The molecular formula is C25H26ClN3O6S. The SMILES string of the molecule is COc1ccc(S(=O)(=O)N(CC(=O)N/N=C(/C)c2ccc(OC)c(OC)c2)c2ccc(Cl)cc2)cc1. The third kappa shape index (κ3) is 6.27. The molecular weight excluding hydrogens is 506 g/mol. The van der Waals surface area contributed by atoms with E-state index in [1.807, 2.05) is 0 Å². The molecule has 3 aromatic rings. The zero-order chi connectivity index (χ0) is 26.3. The number of anilines is 1. The highest BCUT2D eigenvalue weighted by molar-refractivity contribution is 7.92. The van der Waals surface area contributed by atoms with Gasteiger partial charge in [0.2, 0.25) is 0 Å². The Morgan fingerprint density at radius 3 is 2.14 bits per heavy atom. The molecule has 0 saturated heterocycles. The summed E-state index contributed by atoms with van der Waals surface area (Å²) in [6.07, 6.45) is 0. The highest BCUT2D eigenvalue weighted by atomic mass is 35.5.